The molecule has 3 atom stereocenters. The molecule has 4 heteroatoms. The molecular weight excluding hydrogens is 488 g/mol. The molecule has 0 radical (unpaired) electrons. The summed E-state index contributed by atoms with van der Waals surface area (Å²) in [6, 6.07) is 18.5. The van der Waals surface area contributed by atoms with Crippen molar-refractivity contribution in [1.82, 2.24) is 0 Å². The van der Waals surface area contributed by atoms with E-state index in [0.29, 0.717) is 10.9 Å². The predicted molar refractivity (Wildman–Crippen MR) is 111 cm³/mol. The fourth-order valence-electron chi connectivity index (χ4n) is 5.44. The van der Waals surface area contributed by atoms with Crippen molar-refractivity contribution >= 4 is 23.2 Å². The number of rotatable bonds is 4. The van der Waals surface area contributed by atoms with Crippen LogP contribution in [0.15, 0.2) is 48.5 Å². The molecule has 0 spiro atoms. The molecule has 2 fully saturated rings. The number of nitrogens with zero attached hydrogens (tertiary/aromatic N) is 1. The average molecular weight is 516 g/mol. The van der Waals surface area contributed by atoms with Gasteiger partial charge in [-0.3, -0.25) is 0 Å². The number of fused-ring (bicyclic) bond motifs is 2. The fraction of sp³-hybridized carbons (Fsp3) is 0.478. The summed E-state index contributed by atoms with van der Waals surface area (Å²) < 4.78 is 1.23. The Morgan fingerprint density at radius 1 is 0.926 bits per heavy atom. The normalized spacial score (nSPS) is 27.0. The lowest BCUT2D eigenvalue weighted by atomic mass is 9.78. The quantitative estimate of drug-likeness (QED) is 0.431. The third-order valence-electron chi connectivity index (χ3n) is 7.05. The number of quaternary nitrogens is 1. The van der Waals surface area contributed by atoms with E-state index in [2.05, 4.69) is 50.5 Å². The molecule has 2 bridgehead atoms. The van der Waals surface area contributed by atoms with Gasteiger partial charge in [-0.2, -0.15) is 0 Å². The minimum atomic E-state index is 0. The van der Waals surface area contributed by atoms with Gasteiger partial charge >= 0.3 is 0 Å². The zero-order valence-electron chi connectivity index (χ0n) is 16.0. The van der Waals surface area contributed by atoms with Crippen LogP contribution in [-0.4, -0.2) is 30.7 Å². The molecule has 4 rings (SSSR count). The molecule has 2 aliphatic heterocycles. The van der Waals surface area contributed by atoms with Gasteiger partial charge in [0.05, 0.1) is 36.2 Å². The smallest absolute Gasteiger partial charge is 0.0893 e. The molecular formula is C23H28Cl2IN. The maximum absolute atomic E-state index is 6.64. The Bertz CT molecular complexity index is 761. The summed E-state index contributed by atoms with van der Waals surface area (Å²) in [6.07, 6.45) is 6.62. The van der Waals surface area contributed by atoms with Gasteiger partial charge in [0.25, 0.3) is 0 Å². The predicted octanol–water partition coefficient (Wildman–Crippen LogP) is 3.54. The Morgan fingerprint density at radius 3 is 2.19 bits per heavy atom. The van der Waals surface area contributed by atoms with Gasteiger partial charge in [0.2, 0.25) is 0 Å². The van der Waals surface area contributed by atoms with Gasteiger partial charge in [-0.15, -0.1) is 0 Å². The highest BCUT2D eigenvalue weighted by atomic mass is 127. The average Bonchev–Trinajstić information content (AvgIpc) is 2.80. The topological polar surface area (TPSA) is 0 Å². The Balaban J connectivity index is 0.00000210. The largest absolute Gasteiger partial charge is 1.00 e. The number of benzene rings is 2. The van der Waals surface area contributed by atoms with Gasteiger partial charge < -0.3 is 28.5 Å². The first-order valence-corrected chi connectivity index (χ1v) is 10.5. The first kappa shape index (κ1) is 21.4. The lowest BCUT2D eigenvalue weighted by Gasteiger charge is -2.45. The summed E-state index contributed by atoms with van der Waals surface area (Å²) >= 11 is 13.0. The maximum atomic E-state index is 6.64. The molecule has 0 aromatic heterocycles. The lowest BCUT2D eigenvalue weighted by Crippen LogP contribution is -3.00. The zero-order valence-corrected chi connectivity index (χ0v) is 19.7. The van der Waals surface area contributed by atoms with Crippen LogP contribution in [0.3, 0.4) is 0 Å². The van der Waals surface area contributed by atoms with E-state index in [0.717, 1.165) is 29.4 Å². The third-order valence-corrected chi connectivity index (χ3v) is 7.89. The minimum Gasteiger partial charge on any atom is -1.00 e. The standard InChI is InChI=1S/C23H28Cl2N.HI/c1-26(2)18-11-12-19(26)14-16(13-18)15-21(17-7-4-3-5-8-17)20-9-6-10-22(24)23(20)25;/h3-10,16,18-19,21H,11-15H2,1-2H3;1H/q+1;/p-1/t18-,19-,21?;/m0./s1. The molecule has 2 saturated heterocycles. The Morgan fingerprint density at radius 2 is 1.56 bits per heavy atom. The SMILES string of the molecule is C[N+]1(C)[C@H]2CC[C@H]1CC(CC(c1ccccc1)c1cccc(Cl)c1Cl)C2.[I-]. The van der Waals surface area contributed by atoms with Crippen LogP contribution in [0.1, 0.15) is 49.1 Å². The highest BCUT2D eigenvalue weighted by Gasteiger charge is 2.49. The van der Waals surface area contributed by atoms with E-state index < -0.39 is 0 Å². The molecule has 0 saturated carbocycles. The lowest BCUT2D eigenvalue weighted by molar-refractivity contribution is -0.931. The van der Waals surface area contributed by atoms with Gasteiger partial charge in [-0.25, -0.2) is 0 Å². The minimum absolute atomic E-state index is 0. The molecule has 1 nitrogen and oxygen atoms in total. The highest BCUT2D eigenvalue weighted by molar-refractivity contribution is 6.42. The maximum Gasteiger partial charge on any atom is 0.0893 e. The van der Waals surface area contributed by atoms with Gasteiger partial charge in [0.15, 0.2) is 0 Å². The van der Waals surface area contributed by atoms with Crippen LogP contribution in [0.4, 0.5) is 0 Å². The van der Waals surface area contributed by atoms with E-state index in [1.54, 1.807) is 0 Å². The van der Waals surface area contributed by atoms with Crippen LogP contribution >= 0.6 is 23.2 Å². The number of hydrogen-bond donors (Lipinski definition) is 0. The van der Waals surface area contributed by atoms with E-state index in [-0.39, 0.29) is 24.0 Å². The fourth-order valence-corrected chi connectivity index (χ4v) is 5.88. The van der Waals surface area contributed by atoms with E-state index >= 15 is 0 Å². The third kappa shape index (κ3) is 4.19. The van der Waals surface area contributed by atoms with Gasteiger partial charge in [0, 0.05) is 31.6 Å². The Hall–Kier alpha value is -0.290. The van der Waals surface area contributed by atoms with Crippen molar-refractivity contribution < 1.29 is 28.5 Å². The summed E-state index contributed by atoms with van der Waals surface area (Å²) in [7, 11) is 4.86. The van der Waals surface area contributed by atoms with Gasteiger partial charge in [-0.1, -0.05) is 65.7 Å². The molecule has 1 unspecified atom stereocenters. The van der Waals surface area contributed by atoms with Crippen LogP contribution in [0.5, 0.6) is 0 Å². The Labute approximate surface area is 190 Å². The molecule has 0 N–H and O–H groups in total. The van der Waals surface area contributed by atoms with Crippen molar-refractivity contribution in [3.63, 3.8) is 0 Å². The van der Waals surface area contributed by atoms with Gasteiger partial charge in [-0.05, 0) is 29.5 Å². The molecule has 146 valence electrons. The first-order valence-electron chi connectivity index (χ1n) is 9.79. The second-order valence-electron chi connectivity index (χ2n) is 8.69. The second kappa shape index (κ2) is 8.61. The summed E-state index contributed by atoms with van der Waals surface area (Å²) in [5.74, 6) is 1.08. The molecule has 2 aromatic carbocycles. The van der Waals surface area contributed by atoms with Crippen molar-refractivity contribution in [3.8, 4) is 0 Å². The number of halogens is 3. The van der Waals surface area contributed by atoms with Crippen molar-refractivity contribution in [1.29, 1.82) is 0 Å². The van der Waals surface area contributed by atoms with Crippen LogP contribution in [0.2, 0.25) is 10.0 Å². The van der Waals surface area contributed by atoms with Crippen molar-refractivity contribution in [2.45, 2.75) is 50.1 Å². The van der Waals surface area contributed by atoms with Crippen LogP contribution in [0, 0.1) is 5.92 Å². The molecule has 2 aromatic rings. The molecule has 2 heterocycles. The van der Waals surface area contributed by atoms with E-state index in [1.165, 1.54) is 41.3 Å². The van der Waals surface area contributed by atoms with Gasteiger partial charge in [0.1, 0.15) is 0 Å². The van der Waals surface area contributed by atoms with Crippen LogP contribution in [-0.2, 0) is 0 Å². The van der Waals surface area contributed by atoms with Crippen molar-refractivity contribution in [3.05, 3.63) is 69.7 Å². The first-order chi connectivity index (χ1) is 12.5. The molecule has 0 aliphatic carbocycles. The summed E-state index contributed by atoms with van der Waals surface area (Å²) in [4.78, 5) is 0. The summed E-state index contributed by atoms with van der Waals surface area (Å²) in [5.41, 5.74) is 2.53. The van der Waals surface area contributed by atoms with E-state index in [1.807, 2.05) is 12.1 Å². The number of hydrogen-bond acceptors (Lipinski definition) is 0. The van der Waals surface area contributed by atoms with Crippen molar-refractivity contribution in [2.24, 2.45) is 5.92 Å². The summed E-state index contributed by atoms with van der Waals surface area (Å²) in [6.45, 7) is 0. The Kier molecular flexibility index (Phi) is 6.83. The zero-order chi connectivity index (χ0) is 18.3. The molecule has 27 heavy (non-hydrogen) atoms. The summed E-state index contributed by atoms with van der Waals surface area (Å²) in [5, 5.41) is 1.38. The van der Waals surface area contributed by atoms with E-state index in [4.69, 9.17) is 23.2 Å². The number of piperidine rings is 1. The van der Waals surface area contributed by atoms with E-state index in [9.17, 15) is 0 Å². The second-order valence-corrected chi connectivity index (χ2v) is 9.48. The van der Waals surface area contributed by atoms with Crippen LogP contribution < -0.4 is 24.0 Å². The molecule has 2 aliphatic rings. The van der Waals surface area contributed by atoms with Crippen LogP contribution in [0.25, 0.3) is 0 Å². The monoisotopic (exact) mass is 515 g/mol. The van der Waals surface area contributed by atoms with Crippen molar-refractivity contribution in [2.75, 3.05) is 14.1 Å². The highest BCUT2D eigenvalue weighted by Crippen LogP contribution is 2.47. The molecule has 0 amide bonds.